The van der Waals surface area contributed by atoms with Crippen molar-refractivity contribution in [3.05, 3.63) is 115 Å². The van der Waals surface area contributed by atoms with E-state index >= 15 is 0 Å². The second-order valence-electron chi connectivity index (χ2n) is 10.8. The molecule has 12 nitrogen and oxygen atoms in total. The number of carbonyl (C=O) groups is 5. The van der Waals surface area contributed by atoms with Gasteiger partial charge in [0.2, 0.25) is 5.91 Å². The van der Waals surface area contributed by atoms with E-state index in [1.807, 2.05) is 0 Å². The van der Waals surface area contributed by atoms with Gasteiger partial charge in [-0.2, -0.15) is 0 Å². The Balaban J connectivity index is 1.47. The van der Waals surface area contributed by atoms with Gasteiger partial charge >= 0.3 is 23.9 Å². The molecule has 3 aromatic rings. The molecule has 0 aliphatic rings. The normalized spacial score (nSPS) is 10.6. The fourth-order valence-electron chi connectivity index (χ4n) is 4.17. The van der Waals surface area contributed by atoms with Crippen LogP contribution in [0.3, 0.4) is 0 Å². The molecule has 0 radical (unpaired) electrons. The Morgan fingerprint density at radius 2 is 1.08 bits per heavy atom. The van der Waals surface area contributed by atoms with Crippen LogP contribution in [0.4, 0.5) is 5.69 Å². The van der Waals surface area contributed by atoms with E-state index in [2.05, 4.69) is 18.5 Å². The fourth-order valence-corrected chi connectivity index (χ4v) is 4.17. The molecule has 0 spiro atoms. The third-order valence-electron chi connectivity index (χ3n) is 6.72. The van der Waals surface area contributed by atoms with E-state index in [9.17, 15) is 24.0 Å². The minimum Gasteiger partial charge on any atom is -0.494 e. The standard InChI is InChI=1S/C40H41NO11/c1-4-38(44)49-26-8-6-24-47-32-16-10-30(11-17-32)14-22-37(43)41-35-21-20-34(28-36(35)51-29(3)42)52-40(46)23-15-31-12-18-33(19-13-31)48-25-7-9-27-50-39(45)5-2/h4-5,10-23,28H,1-2,6-9,24-27H2,3H3,(H,41,43). The molecule has 272 valence electrons. The Bertz CT molecular complexity index is 1740. The lowest BCUT2D eigenvalue weighted by Crippen LogP contribution is -2.11. The van der Waals surface area contributed by atoms with Crippen LogP contribution in [0.2, 0.25) is 0 Å². The van der Waals surface area contributed by atoms with Crippen molar-refractivity contribution in [2.45, 2.75) is 32.6 Å². The smallest absolute Gasteiger partial charge is 0.336 e. The Labute approximate surface area is 302 Å². The maximum atomic E-state index is 12.7. The van der Waals surface area contributed by atoms with Crippen LogP contribution >= 0.6 is 0 Å². The second-order valence-corrected chi connectivity index (χ2v) is 10.8. The highest BCUT2D eigenvalue weighted by Crippen LogP contribution is 2.30. The highest BCUT2D eigenvalue weighted by Gasteiger charge is 2.12. The number of ether oxygens (including phenoxy) is 6. The van der Waals surface area contributed by atoms with E-state index in [-0.39, 0.29) is 17.2 Å². The zero-order valence-corrected chi connectivity index (χ0v) is 28.9. The van der Waals surface area contributed by atoms with Crippen LogP contribution in [0.25, 0.3) is 12.2 Å². The van der Waals surface area contributed by atoms with Gasteiger partial charge in [0, 0.05) is 37.3 Å². The van der Waals surface area contributed by atoms with Gasteiger partial charge in [0.25, 0.3) is 0 Å². The average Bonchev–Trinajstić information content (AvgIpc) is 3.14. The highest BCUT2D eigenvalue weighted by atomic mass is 16.5. The van der Waals surface area contributed by atoms with Gasteiger partial charge in [0.1, 0.15) is 17.2 Å². The maximum absolute atomic E-state index is 12.7. The largest absolute Gasteiger partial charge is 0.494 e. The molecule has 0 saturated heterocycles. The summed E-state index contributed by atoms with van der Waals surface area (Å²) in [4.78, 5) is 59.0. The third kappa shape index (κ3) is 15.9. The van der Waals surface area contributed by atoms with Crippen LogP contribution in [0, 0.1) is 0 Å². The molecule has 52 heavy (non-hydrogen) atoms. The van der Waals surface area contributed by atoms with Crippen LogP contribution in [0.15, 0.2) is 104 Å². The van der Waals surface area contributed by atoms with E-state index in [1.54, 1.807) is 60.7 Å². The average molecular weight is 712 g/mol. The zero-order chi connectivity index (χ0) is 37.6. The third-order valence-corrected chi connectivity index (χ3v) is 6.72. The number of hydrogen-bond donors (Lipinski definition) is 1. The van der Waals surface area contributed by atoms with Crippen LogP contribution in [-0.4, -0.2) is 56.2 Å². The molecular formula is C40H41NO11. The van der Waals surface area contributed by atoms with Gasteiger partial charge in [-0.25, -0.2) is 14.4 Å². The van der Waals surface area contributed by atoms with Crippen molar-refractivity contribution in [3.63, 3.8) is 0 Å². The number of nitrogens with one attached hydrogen (secondary N) is 1. The molecule has 12 heteroatoms. The number of benzene rings is 3. The van der Waals surface area contributed by atoms with Crippen molar-refractivity contribution in [2.75, 3.05) is 31.7 Å². The summed E-state index contributed by atoms with van der Waals surface area (Å²) in [6.45, 7) is 9.41. The van der Waals surface area contributed by atoms with Gasteiger partial charge < -0.3 is 33.7 Å². The molecule has 1 N–H and O–H groups in total. The number of anilines is 1. The van der Waals surface area contributed by atoms with Gasteiger partial charge in [0.15, 0.2) is 5.75 Å². The zero-order valence-electron chi connectivity index (χ0n) is 28.9. The molecule has 0 heterocycles. The molecule has 0 aromatic heterocycles. The van der Waals surface area contributed by atoms with E-state index in [0.29, 0.717) is 63.6 Å². The van der Waals surface area contributed by atoms with Crippen molar-refractivity contribution in [2.24, 2.45) is 0 Å². The lowest BCUT2D eigenvalue weighted by atomic mass is 10.2. The molecule has 0 aliphatic heterocycles. The summed E-state index contributed by atoms with van der Waals surface area (Å²) in [6, 6.07) is 18.4. The molecule has 0 bridgehead atoms. The van der Waals surface area contributed by atoms with Gasteiger partial charge in [0.05, 0.1) is 32.1 Å². The first-order valence-electron chi connectivity index (χ1n) is 16.4. The van der Waals surface area contributed by atoms with Crippen LogP contribution < -0.4 is 24.3 Å². The molecule has 1 amide bonds. The molecular weight excluding hydrogens is 670 g/mol. The number of carbonyl (C=O) groups excluding carboxylic acids is 5. The summed E-state index contributed by atoms with van der Waals surface area (Å²) < 4.78 is 31.8. The van der Waals surface area contributed by atoms with Gasteiger partial charge in [-0.05, 0) is 85.4 Å². The first-order valence-corrected chi connectivity index (χ1v) is 16.4. The molecule has 0 atom stereocenters. The summed E-state index contributed by atoms with van der Waals surface area (Å²) >= 11 is 0. The van der Waals surface area contributed by atoms with Crippen molar-refractivity contribution in [3.8, 4) is 23.0 Å². The number of hydrogen-bond acceptors (Lipinski definition) is 11. The SMILES string of the molecule is C=CC(=O)OCCCCOc1ccc(C=CC(=O)Nc2ccc(OC(=O)C=Cc3ccc(OCCCCOC(=O)C=C)cc3)cc2OC(C)=O)cc1. The van der Waals surface area contributed by atoms with E-state index in [4.69, 9.17) is 28.4 Å². The summed E-state index contributed by atoms with van der Waals surface area (Å²) in [6.07, 6.45) is 10.7. The van der Waals surface area contributed by atoms with E-state index < -0.39 is 29.8 Å². The maximum Gasteiger partial charge on any atom is 0.336 e. The topological polar surface area (TPSA) is 153 Å². The van der Waals surface area contributed by atoms with Gasteiger partial charge in [-0.15, -0.1) is 0 Å². The van der Waals surface area contributed by atoms with Crippen molar-refractivity contribution in [1.82, 2.24) is 0 Å². The first-order chi connectivity index (χ1) is 25.1. The first kappa shape index (κ1) is 40.0. The summed E-state index contributed by atoms with van der Waals surface area (Å²) in [7, 11) is 0. The van der Waals surface area contributed by atoms with Gasteiger partial charge in [-0.1, -0.05) is 37.4 Å². The number of unbranched alkanes of at least 4 members (excludes halogenated alkanes) is 2. The van der Waals surface area contributed by atoms with E-state index in [1.165, 1.54) is 37.3 Å². The lowest BCUT2D eigenvalue weighted by molar-refractivity contribution is -0.138. The molecule has 3 aromatic carbocycles. The summed E-state index contributed by atoms with van der Waals surface area (Å²) in [5.74, 6) is -1.29. The Hall–Kier alpha value is -6.43. The van der Waals surface area contributed by atoms with Crippen molar-refractivity contribution >= 4 is 47.6 Å². The van der Waals surface area contributed by atoms with Crippen LogP contribution in [-0.2, 0) is 33.4 Å². The number of rotatable bonds is 21. The van der Waals surface area contributed by atoms with Crippen molar-refractivity contribution < 1.29 is 52.4 Å². The second kappa shape index (κ2) is 22.3. The molecule has 0 aliphatic carbocycles. The fraction of sp³-hybridized carbons (Fsp3) is 0.225. The minimum absolute atomic E-state index is 0.00253. The summed E-state index contributed by atoms with van der Waals surface area (Å²) in [5.41, 5.74) is 1.67. The number of esters is 4. The van der Waals surface area contributed by atoms with Gasteiger partial charge in [-0.3, -0.25) is 9.59 Å². The van der Waals surface area contributed by atoms with Crippen LogP contribution in [0.5, 0.6) is 23.0 Å². The Morgan fingerprint density at radius 1 is 0.596 bits per heavy atom. The van der Waals surface area contributed by atoms with Crippen LogP contribution in [0.1, 0.15) is 43.7 Å². The highest BCUT2D eigenvalue weighted by molar-refractivity contribution is 6.03. The molecule has 3 rings (SSSR count). The molecule has 0 unspecified atom stereocenters. The quantitative estimate of drug-likeness (QED) is 0.0546. The Morgan fingerprint density at radius 3 is 1.58 bits per heavy atom. The summed E-state index contributed by atoms with van der Waals surface area (Å²) in [5, 5.41) is 2.66. The molecule has 0 fully saturated rings. The predicted octanol–water partition coefficient (Wildman–Crippen LogP) is 6.66. The number of amides is 1. The molecule has 0 saturated carbocycles. The monoisotopic (exact) mass is 711 g/mol. The van der Waals surface area contributed by atoms with Crippen molar-refractivity contribution in [1.29, 1.82) is 0 Å². The predicted molar refractivity (Wildman–Crippen MR) is 195 cm³/mol. The van der Waals surface area contributed by atoms with E-state index in [0.717, 1.165) is 23.3 Å². The Kier molecular flexibility index (Phi) is 17.2. The lowest BCUT2D eigenvalue weighted by Gasteiger charge is -2.11. The minimum atomic E-state index is -0.672.